The van der Waals surface area contributed by atoms with Gasteiger partial charge in [0.2, 0.25) is 0 Å². The lowest BCUT2D eigenvalue weighted by Crippen LogP contribution is -2.43. The molecule has 0 bridgehead atoms. The van der Waals surface area contributed by atoms with Gasteiger partial charge in [-0.05, 0) is 24.3 Å². The highest BCUT2D eigenvalue weighted by atomic mass is 16.6. The van der Waals surface area contributed by atoms with Gasteiger partial charge in [0.15, 0.2) is 0 Å². The molecule has 1 heterocycles. The van der Waals surface area contributed by atoms with E-state index in [9.17, 15) is 9.59 Å². The summed E-state index contributed by atoms with van der Waals surface area (Å²) in [6.07, 6.45) is -0.352. The van der Waals surface area contributed by atoms with Crippen molar-refractivity contribution >= 4 is 17.7 Å². The molecule has 0 spiro atoms. The lowest BCUT2D eigenvalue weighted by molar-refractivity contribution is 0.0453. The number of nitrogens with zero attached hydrogens (tertiary/aromatic N) is 1. The molecule has 1 N–H and O–H groups in total. The van der Waals surface area contributed by atoms with Crippen LogP contribution in [0, 0.1) is 0 Å². The van der Waals surface area contributed by atoms with Crippen molar-refractivity contribution in [3.05, 3.63) is 29.8 Å². The van der Waals surface area contributed by atoms with E-state index in [1.54, 1.807) is 24.3 Å². The molecule has 0 radical (unpaired) electrons. The molecule has 0 saturated carbocycles. The summed E-state index contributed by atoms with van der Waals surface area (Å²) in [5.74, 6) is -0.423. The highest BCUT2D eigenvalue weighted by Crippen LogP contribution is 2.21. The molecule has 1 aliphatic heterocycles. The number of amides is 1. The minimum Gasteiger partial charge on any atom is -0.465 e. The van der Waals surface area contributed by atoms with Gasteiger partial charge in [-0.3, -0.25) is 4.90 Å². The molecule has 19 heavy (non-hydrogen) atoms. The predicted molar refractivity (Wildman–Crippen MR) is 67.1 cm³/mol. The molecule has 2 rings (SSSR count). The van der Waals surface area contributed by atoms with Crippen molar-refractivity contribution in [3.8, 4) is 0 Å². The van der Waals surface area contributed by atoms with Crippen molar-refractivity contribution in [2.45, 2.75) is 12.5 Å². The summed E-state index contributed by atoms with van der Waals surface area (Å²) in [6.45, 7) is 0.308. The summed E-state index contributed by atoms with van der Waals surface area (Å²) < 4.78 is 9.65. The normalized spacial score (nSPS) is 18.9. The lowest BCUT2D eigenvalue weighted by atomic mass is 10.1. The third-order valence-corrected chi connectivity index (χ3v) is 2.97. The Morgan fingerprint density at radius 3 is 2.68 bits per heavy atom. The zero-order chi connectivity index (χ0) is 13.8. The van der Waals surface area contributed by atoms with E-state index in [1.165, 1.54) is 12.0 Å². The first kappa shape index (κ1) is 13.4. The number of anilines is 1. The molecule has 0 aliphatic carbocycles. The van der Waals surface area contributed by atoms with Gasteiger partial charge in [-0.25, -0.2) is 9.59 Å². The number of ether oxygens (including phenoxy) is 2. The maximum absolute atomic E-state index is 11.7. The van der Waals surface area contributed by atoms with Crippen LogP contribution in [0.2, 0.25) is 0 Å². The van der Waals surface area contributed by atoms with Gasteiger partial charge in [0, 0.05) is 18.7 Å². The Morgan fingerprint density at radius 1 is 1.47 bits per heavy atom. The van der Waals surface area contributed by atoms with Crippen molar-refractivity contribution < 1.29 is 24.2 Å². The molecular formula is C13H15NO5. The van der Waals surface area contributed by atoms with Crippen LogP contribution >= 0.6 is 0 Å². The van der Waals surface area contributed by atoms with Crippen LogP contribution < -0.4 is 4.90 Å². The molecule has 1 fully saturated rings. The summed E-state index contributed by atoms with van der Waals surface area (Å²) in [4.78, 5) is 24.5. The smallest absolute Gasteiger partial charge is 0.414 e. The van der Waals surface area contributed by atoms with Crippen molar-refractivity contribution in [2.75, 3.05) is 25.2 Å². The van der Waals surface area contributed by atoms with Crippen LogP contribution in [0.1, 0.15) is 16.8 Å². The number of hydrogen-bond acceptors (Lipinski definition) is 5. The van der Waals surface area contributed by atoms with Crippen molar-refractivity contribution in [2.24, 2.45) is 0 Å². The fourth-order valence-corrected chi connectivity index (χ4v) is 1.89. The molecule has 1 saturated heterocycles. The van der Waals surface area contributed by atoms with Crippen LogP contribution in [-0.2, 0) is 9.47 Å². The van der Waals surface area contributed by atoms with E-state index in [-0.39, 0.29) is 6.61 Å². The first-order chi connectivity index (χ1) is 9.15. The largest absolute Gasteiger partial charge is 0.465 e. The molecule has 6 nitrogen and oxygen atoms in total. The van der Waals surface area contributed by atoms with E-state index in [0.717, 1.165) is 0 Å². The first-order valence-electron chi connectivity index (χ1n) is 5.93. The van der Waals surface area contributed by atoms with Crippen LogP contribution in [0.4, 0.5) is 10.5 Å². The second kappa shape index (κ2) is 5.71. The monoisotopic (exact) mass is 265 g/mol. The number of carbonyl (C=O) groups excluding carboxylic acids is 2. The van der Waals surface area contributed by atoms with Gasteiger partial charge in [0.1, 0.15) is 6.10 Å². The number of esters is 1. The summed E-state index contributed by atoms with van der Waals surface area (Å²) in [5, 5.41) is 8.94. The van der Waals surface area contributed by atoms with Gasteiger partial charge in [-0.1, -0.05) is 0 Å². The average Bonchev–Trinajstić information content (AvgIpc) is 2.46. The second-order valence-electron chi connectivity index (χ2n) is 4.17. The van der Waals surface area contributed by atoms with Crippen LogP contribution in [0.15, 0.2) is 24.3 Å². The van der Waals surface area contributed by atoms with E-state index in [4.69, 9.17) is 9.84 Å². The molecule has 0 aromatic heterocycles. The Labute approximate surface area is 110 Å². The Hall–Kier alpha value is -2.08. The third kappa shape index (κ3) is 2.85. The Bertz CT molecular complexity index is 470. The number of methoxy groups -OCH3 is 1. The van der Waals surface area contributed by atoms with E-state index >= 15 is 0 Å². The summed E-state index contributed by atoms with van der Waals surface area (Å²) >= 11 is 0. The first-order valence-corrected chi connectivity index (χ1v) is 5.93. The number of aliphatic hydroxyl groups is 1. The quantitative estimate of drug-likeness (QED) is 0.830. The van der Waals surface area contributed by atoms with Gasteiger partial charge >= 0.3 is 12.1 Å². The van der Waals surface area contributed by atoms with Crippen LogP contribution in [0.3, 0.4) is 0 Å². The molecule has 1 atom stereocenters. The Kier molecular flexibility index (Phi) is 4.01. The van der Waals surface area contributed by atoms with Crippen LogP contribution in [0.25, 0.3) is 0 Å². The number of cyclic esters (lactones) is 1. The lowest BCUT2D eigenvalue weighted by Gasteiger charge is -2.30. The van der Waals surface area contributed by atoms with E-state index in [2.05, 4.69) is 4.74 Å². The molecular weight excluding hydrogens is 250 g/mol. The van der Waals surface area contributed by atoms with E-state index in [1.807, 2.05) is 0 Å². The van der Waals surface area contributed by atoms with Gasteiger partial charge in [0.25, 0.3) is 0 Å². The van der Waals surface area contributed by atoms with E-state index < -0.39 is 18.2 Å². The molecule has 1 unspecified atom stereocenters. The minimum absolute atomic E-state index is 0.166. The van der Waals surface area contributed by atoms with Crippen LogP contribution in [0.5, 0.6) is 0 Å². The number of carbonyl (C=O) groups is 2. The van der Waals surface area contributed by atoms with Crippen LogP contribution in [-0.4, -0.2) is 43.5 Å². The fraction of sp³-hybridized carbons (Fsp3) is 0.385. The molecule has 1 aromatic rings. The topological polar surface area (TPSA) is 76.1 Å². The number of aliphatic hydroxyl groups excluding tert-OH is 1. The summed E-state index contributed by atoms with van der Waals surface area (Å²) in [7, 11) is 1.31. The predicted octanol–water partition coefficient (Wildman–Crippen LogP) is 1.18. The summed E-state index contributed by atoms with van der Waals surface area (Å²) in [6, 6.07) is 6.50. The van der Waals surface area contributed by atoms with Gasteiger partial charge in [0.05, 0.1) is 19.3 Å². The van der Waals surface area contributed by atoms with Crippen molar-refractivity contribution in [3.63, 3.8) is 0 Å². The highest BCUT2D eigenvalue weighted by Gasteiger charge is 2.27. The fourth-order valence-electron chi connectivity index (χ4n) is 1.89. The van der Waals surface area contributed by atoms with Gasteiger partial charge in [-0.15, -0.1) is 0 Å². The van der Waals surface area contributed by atoms with Gasteiger partial charge < -0.3 is 14.6 Å². The molecule has 1 aliphatic rings. The zero-order valence-electron chi connectivity index (χ0n) is 10.5. The highest BCUT2D eigenvalue weighted by molar-refractivity contribution is 5.92. The number of benzene rings is 1. The standard InChI is InChI=1S/C13H15NO5/c1-18-12(16)9-2-4-10(5-3-9)14-7-6-11(8-15)19-13(14)17/h2-5,11,15H,6-8H2,1H3. The number of rotatable bonds is 3. The maximum atomic E-state index is 11.7. The van der Waals surface area contributed by atoms with Crippen molar-refractivity contribution in [1.82, 2.24) is 0 Å². The second-order valence-corrected chi connectivity index (χ2v) is 4.17. The molecule has 1 aromatic carbocycles. The summed E-state index contributed by atoms with van der Waals surface area (Å²) in [5.41, 5.74) is 1.07. The third-order valence-electron chi connectivity index (χ3n) is 2.97. The zero-order valence-corrected chi connectivity index (χ0v) is 10.5. The SMILES string of the molecule is COC(=O)c1ccc(N2CCC(CO)OC2=O)cc1. The molecule has 6 heteroatoms. The minimum atomic E-state index is -0.490. The Balaban J connectivity index is 2.10. The van der Waals surface area contributed by atoms with E-state index in [0.29, 0.717) is 24.2 Å². The maximum Gasteiger partial charge on any atom is 0.414 e. The molecule has 102 valence electrons. The number of hydrogen-bond donors (Lipinski definition) is 1. The Morgan fingerprint density at radius 2 is 2.16 bits per heavy atom. The molecule has 1 amide bonds. The van der Waals surface area contributed by atoms with Gasteiger partial charge in [-0.2, -0.15) is 0 Å². The van der Waals surface area contributed by atoms with Crippen molar-refractivity contribution in [1.29, 1.82) is 0 Å². The average molecular weight is 265 g/mol.